The van der Waals surface area contributed by atoms with Crippen molar-refractivity contribution in [1.82, 2.24) is 15.5 Å². The molecule has 0 saturated carbocycles. The molecule has 0 saturated heterocycles. The van der Waals surface area contributed by atoms with E-state index in [1.165, 1.54) is 0 Å². The summed E-state index contributed by atoms with van der Waals surface area (Å²) in [5, 5.41) is 10.3. The summed E-state index contributed by atoms with van der Waals surface area (Å²) in [6, 6.07) is 3.63. The van der Waals surface area contributed by atoms with Gasteiger partial charge in [0.25, 0.3) is 5.91 Å². The van der Waals surface area contributed by atoms with E-state index in [0.717, 1.165) is 17.1 Å². The molecule has 0 aliphatic heterocycles. The molecule has 90 valence electrons. The highest BCUT2D eigenvalue weighted by Crippen LogP contribution is 2.14. The Kier molecular flexibility index (Phi) is 3.75. The SMILES string of the molecule is CC(Cc1ccco1)NC(=O)c1nnc(Cl)s1. The lowest BCUT2D eigenvalue weighted by Crippen LogP contribution is -2.33. The van der Waals surface area contributed by atoms with Gasteiger partial charge in [-0.3, -0.25) is 4.79 Å². The van der Waals surface area contributed by atoms with Crippen molar-refractivity contribution in [3.8, 4) is 0 Å². The lowest BCUT2D eigenvalue weighted by Gasteiger charge is -2.10. The van der Waals surface area contributed by atoms with Gasteiger partial charge in [0.1, 0.15) is 5.76 Å². The number of nitrogens with one attached hydrogen (secondary N) is 1. The quantitative estimate of drug-likeness (QED) is 0.925. The molecule has 0 fully saturated rings. The summed E-state index contributed by atoms with van der Waals surface area (Å²) in [6.07, 6.45) is 2.24. The highest BCUT2D eigenvalue weighted by Gasteiger charge is 2.15. The molecule has 2 aromatic rings. The smallest absolute Gasteiger partial charge is 0.282 e. The molecule has 2 aromatic heterocycles. The molecule has 0 aliphatic rings. The van der Waals surface area contributed by atoms with Gasteiger partial charge in [0.05, 0.1) is 6.26 Å². The van der Waals surface area contributed by atoms with E-state index in [1.807, 2.05) is 19.1 Å². The second kappa shape index (κ2) is 5.29. The van der Waals surface area contributed by atoms with Crippen molar-refractivity contribution in [1.29, 1.82) is 0 Å². The first-order chi connectivity index (χ1) is 8.15. The Morgan fingerprint density at radius 2 is 2.47 bits per heavy atom. The van der Waals surface area contributed by atoms with E-state index in [-0.39, 0.29) is 21.4 Å². The molecule has 0 aromatic carbocycles. The molecular weight excluding hydrogens is 262 g/mol. The fourth-order valence-corrected chi connectivity index (χ4v) is 2.10. The molecular formula is C10H10ClN3O2S. The third-order valence-corrected chi connectivity index (χ3v) is 3.08. The minimum atomic E-state index is -0.270. The Morgan fingerprint density at radius 1 is 1.65 bits per heavy atom. The molecule has 0 radical (unpaired) electrons. The summed E-state index contributed by atoms with van der Waals surface area (Å²) >= 11 is 6.66. The standard InChI is InChI=1S/C10H10ClN3O2S/c1-6(5-7-3-2-4-16-7)12-8(15)9-13-14-10(11)17-9/h2-4,6H,5H2,1H3,(H,12,15). The third-order valence-electron chi connectivity index (χ3n) is 2.06. The number of aromatic nitrogens is 2. The highest BCUT2D eigenvalue weighted by molar-refractivity contribution is 7.17. The average Bonchev–Trinajstić information content (AvgIpc) is 2.89. The zero-order valence-corrected chi connectivity index (χ0v) is 10.6. The maximum atomic E-state index is 11.7. The van der Waals surface area contributed by atoms with Gasteiger partial charge in [0.15, 0.2) is 0 Å². The van der Waals surface area contributed by atoms with E-state index >= 15 is 0 Å². The number of halogens is 1. The van der Waals surface area contributed by atoms with Crippen LogP contribution >= 0.6 is 22.9 Å². The average molecular weight is 272 g/mol. The van der Waals surface area contributed by atoms with E-state index in [1.54, 1.807) is 6.26 Å². The zero-order valence-electron chi connectivity index (χ0n) is 9.01. The Bertz CT molecular complexity index is 497. The van der Waals surface area contributed by atoms with Crippen LogP contribution in [-0.2, 0) is 6.42 Å². The molecule has 1 unspecified atom stereocenters. The lowest BCUT2D eigenvalue weighted by molar-refractivity contribution is 0.0938. The molecule has 0 aliphatic carbocycles. The van der Waals surface area contributed by atoms with E-state index in [9.17, 15) is 4.79 Å². The largest absolute Gasteiger partial charge is 0.469 e. The number of furan rings is 1. The summed E-state index contributed by atoms with van der Waals surface area (Å²) in [6.45, 7) is 1.89. The van der Waals surface area contributed by atoms with Gasteiger partial charge in [0, 0.05) is 12.5 Å². The molecule has 17 heavy (non-hydrogen) atoms. The Labute approximate surface area is 107 Å². The number of amides is 1. The first kappa shape index (κ1) is 12.1. The fraction of sp³-hybridized carbons (Fsp3) is 0.300. The maximum absolute atomic E-state index is 11.7. The van der Waals surface area contributed by atoms with E-state index in [2.05, 4.69) is 15.5 Å². The molecule has 2 rings (SSSR count). The Hall–Kier alpha value is -1.40. The van der Waals surface area contributed by atoms with Crippen molar-refractivity contribution in [2.75, 3.05) is 0 Å². The highest BCUT2D eigenvalue weighted by atomic mass is 35.5. The Balaban J connectivity index is 1.90. The topological polar surface area (TPSA) is 68.0 Å². The summed E-state index contributed by atoms with van der Waals surface area (Å²) in [5.74, 6) is 0.557. The van der Waals surface area contributed by atoms with Crippen molar-refractivity contribution in [2.24, 2.45) is 0 Å². The predicted octanol–water partition coefficient (Wildman–Crippen LogP) is 2.15. The molecule has 0 spiro atoms. The molecule has 7 heteroatoms. The minimum absolute atomic E-state index is 0.0451. The summed E-state index contributed by atoms with van der Waals surface area (Å²) in [4.78, 5) is 11.7. The second-order valence-corrected chi connectivity index (χ2v) is 5.08. The minimum Gasteiger partial charge on any atom is -0.469 e. The summed E-state index contributed by atoms with van der Waals surface area (Å²) in [5.41, 5.74) is 0. The second-order valence-electron chi connectivity index (χ2n) is 3.52. The third kappa shape index (κ3) is 3.28. The van der Waals surface area contributed by atoms with Crippen LogP contribution in [0.3, 0.4) is 0 Å². The molecule has 5 nitrogen and oxygen atoms in total. The maximum Gasteiger partial charge on any atom is 0.282 e. The van der Waals surface area contributed by atoms with E-state index < -0.39 is 0 Å². The van der Waals surface area contributed by atoms with Gasteiger partial charge in [0.2, 0.25) is 9.47 Å². The van der Waals surface area contributed by atoms with Crippen LogP contribution < -0.4 is 5.32 Å². The number of carbonyl (C=O) groups is 1. The molecule has 0 bridgehead atoms. The van der Waals surface area contributed by atoms with Gasteiger partial charge in [-0.25, -0.2) is 0 Å². The van der Waals surface area contributed by atoms with Crippen LogP contribution in [0, 0.1) is 0 Å². The van der Waals surface area contributed by atoms with Gasteiger partial charge < -0.3 is 9.73 Å². The van der Waals surface area contributed by atoms with Crippen molar-refractivity contribution >= 4 is 28.8 Å². The molecule has 1 atom stereocenters. The summed E-state index contributed by atoms with van der Waals surface area (Å²) < 4.78 is 5.46. The molecule has 1 N–H and O–H groups in total. The van der Waals surface area contributed by atoms with Gasteiger partial charge in [-0.2, -0.15) is 0 Å². The van der Waals surface area contributed by atoms with Crippen molar-refractivity contribution < 1.29 is 9.21 Å². The van der Waals surface area contributed by atoms with E-state index in [4.69, 9.17) is 16.0 Å². The number of hydrogen-bond acceptors (Lipinski definition) is 5. The van der Waals surface area contributed by atoms with Crippen LogP contribution in [-0.4, -0.2) is 22.1 Å². The zero-order chi connectivity index (χ0) is 12.3. The van der Waals surface area contributed by atoms with Gasteiger partial charge in [-0.15, -0.1) is 10.2 Å². The lowest BCUT2D eigenvalue weighted by atomic mass is 10.2. The van der Waals surface area contributed by atoms with Gasteiger partial charge in [-0.05, 0) is 30.7 Å². The number of rotatable bonds is 4. The van der Waals surface area contributed by atoms with Crippen molar-refractivity contribution in [3.05, 3.63) is 33.6 Å². The first-order valence-electron chi connectivity index (χ1n) is 4.97. The number of carbonyl (C=O) groups excluding carboxylic acids is 1. The number of hydrogen-bond donors (Lipinski definition) is 1. The molecule has 2 heterocycles. The van der Waals surface area contributed by atoms with Crippen LogP contribution in [0.15, 0.2) is 22.8 Å². The predicted molar refractivity (Wildman–Crippen MR) is 64.3 cm³/mol. The van der Waals surface area contributed by atoms with Crippen LogP contribution in [0.4, 0.5) is 0 Å². The van der Waals surface area contributed by atoms with Crippen LogP contribution in [0.25, 0.3) is 0 Å². The van der Waals surface area contributed by atoms with Crippen molar-refractivity contribution in [3.63, 3.8) is 0 Å². The monoisotopic (exact) mass is 271 g/mol. The number of nitrogens with zero attached hydrogens (tertiary/aromatic N) is 2. The molecule has 1 amide bonds. The fourth-order valence-electron chi connectivity index (χ4n) is 1.36. The van der Waals surface area contributed by atoms with Crippen LogP contribution in [0.5, 0.6) is 0 Å². The van der Waals surface area contributed by atoms with E-state index in [0.29, 0.717) is 6.42 Å². The summed E-state index contributed by atoms with van der Waals surface area (Å²) in [7, 11) is 0. The first-order valence-corrected chi connectivity index (χ1v) is 6.17. The van der Waals surface area contributed by atoms with Crippen molar-refractivity contribution in [2.45, 2.75) is 19.4 Å². The van der Waals surface area contributed by atoms with Gasteiger partial charge in [-0.1, -0.05) is 11.3 Å². The Morgan fingerprint density at radius 3 is 3.06 bits per heavy atom. The van der Waals surface area contributed by atoms with Crippen LogP contribution in [0.2, 0.25) is 4.47 Å². The normalized spacial score (nSPS) is 12.4. The van der Waals surface area contributed by atoms with Crippen LogP contribution in [0.1, 0.15) is 22.5 Å². The van der Waals surface area contributed by atoms with Gasteiger partial charge >= 0.3 is 0 Å².